The number of aliphatic hydroxyl groups excluding tert-OH is 1. The van der Waals surface area contributed by atoms with Crippen molar-refractivity contribution in [2.24, 2.45) is 0 Å². The summed E-state index contributed by atoms with van der Waals surface area (Å²) >= 11 is 17.9. The predicted octanol–water partition coefficient (Wildman–Crippen LogP) is 2.31. The molecule has 2 aliphatic rings. The molecule has 0 saturated carbocycles. The fourth-order valence-electron chi connectivity index (χ4n) is 2.81. The quantitative estimate of drug-likeness (QED) is 0.394. The van der Waals surface area contributed by atoms with Gasteiger partial charge in [-0.15, -0.1) is 11.8 Å². The fraction of sp³-hybridized carbons (Fsp3) is 0.353. The van der Waals surface area contributed by atoms with Crippen LogP contribution in [-0.2, 0) is 25.5 Å². The average molecular weight is 466 g/mol. The number of β-lactam (4-membered cyclic amide) rings is 1. The molecule has 0 aliphatic carbocycles. The summed E-state index contributed by atoms with van der Waals surface area (Å²) in [5, 5.41) is 12.2. The lowest BCUT2D eigenvalue weighted by molar-refractivity contribution is -0.153. The number of carbonyl (C=O) groups is 3. The standard InChI is InChI=1S/C17H15Cl3N2O5S/c18-17(19,20)8-27-16(26)13-10(23)7-28-15-12(14(25)22(13)15)21-11(24)6-9-4-2-1-3-5-9/h1-5,12,15,23H,6-8H2,(H,21,24)/t12?,15-/m1/s1. The number of thioether (sulfide) groups is 1. The third-order valence-corrected chi connectivity index (χ3v) is 5.62. The van der Waals surface area contributed by atoms with Gasteiger partial charge in [0.1, 0.15) is 23.8 Å². The van der Waals surface area contributed by atoms with Gasteiger partial charge >= 0.3 is 5.97 Å². The van der Waals surface area contributed by atoms with Crippen LogP contribution in [-0.4, -0.2) is 55.4 Å². The molecule has 2 heterocycles. The van der Waals surface area contributed by atoms with E-state index in [1.165, 1.54) is 11.8 Å². The van der Waals surface area contributed by atoms with Crippen LogP contribution in [0, 0.1) is 0 Å². The summed E-state index contributed by atoms with van der Waals surface area (Å²) in [6.07, 6.45) is 0.126. The molecular formula is C17H15Cl3N2O5S. The Kier molecular flexibility index (Phi) is 6.34. The molecule has 0 bridgehead atoms. The Morgan fingerprint density at radius 1 is 1.29 bits per heavy atom. The number of aliphatic hydroxyl groups is 1. The van der Waals surface area contributed by atoms with Gasteiger partial charge in [0.15, 0.2) is 5.70 Å². The van der Waals surface area contributed by atoms with E-state index >= 15 is 0 Å². The van der Waals surface area contributed by atoms with Crippen LogP contribution in [0.25, 0.3) is 0 Å². The number of fused-ring (bicyclic) bond motifs is 1. The number of hydrogen-bond acceptors (Lipinski definition) is 6. The van der Waals surface area contributed by atoms with Gasteiger partial charge in [-0.3, -0.25) is 14.5 Å². The Bertz CT molecular complexity index is 828. The number of hydrogen-bond donors (Lipinski definition) is 2. The lowest BCUT2D eigenvalue weighted by atomic mass is 10.0. The van der Waals surface area contributed by atoms with Crippen molar-refractivity contribution < 1.29 is 24.2 Å². The highest BCUT2D eigenvalue weighted by atomic mass is 35.6. The van der Waals surface area contributed by atoms with Crippen molar-refractivity contribution in [2.45, 2.75) is 21.6 Å². The summed E-state index contributed by atoms with van der Waals surface area (Å²) in [4.78, 5) is 38.1. The maximum Gasteiger partial charge on any atom is 0.358 e. The van der Waals surface area contributed by atoms with Crippen molar-refractivity contribution in [3.8, 4) is 0 Å². The van der Waals surface area contributed by atoms with Gasteiger partial charge in [-0.05, 0) is 5.56 Å². The molecule has 1 aromatic rings. The van der Waals surface area contributed by atoms with Gasteiger partial charge in [0.05, 0.1) is 12.2 Å². The number of esters is 1. The zero-order valence-corrected chi connectivity index (χ0v) is 17.3. The molecule has 2 aliphatic heterocycles. The molecule has 2 N–H and O–H groups in total. The number of nitrogens with zero attached hydrogens (tertiary/aromatic N) is 1. The van der Waals surface area contributed by atoms with Gasteiger partial charge in [-0.25, -0.2) is 4.79 Å². The number of amides is 2. The molecule has 2 atom stereocenters. The van der Waals surface area contributed by atoms with Crippen LogP contribution in [0.5, 0.6) is 0 Å². The van der Waals surface area contributed by atoms with Gasteiger partial charge in [0.2, 0.25) is 9.70 Å². The first-order valence-electron chi connectivity index (χ1n) is 8.11. The van der Waals surface area contributed by atoms with Crippen molar-refractivity contribution in [3.63, 3.8) is 0 Å². The number of halogens is 3. The van der Waals surface area contributed by atoms with E-state index < -0.39 is 33.7 Å². The normalized spacial score (nSPS) is 21.7. The van der Waals surface area contributed by atoms with Crippen molar-refractivity contribution in [3.05, 3.63) is 47.4 Å². The molecular weight excluding hydrogens is 451 g/mol. The Hall–Kier alpha value is -1.61. The van der Waals surface area contributed by atoms with Crippen LogP contribution in [0.3, 0.4) is 0 Å². The maximum absolute atomic E-state index is 12.5. The molecule has 1 unspecified atom stereocenters. The number of nitrogens with one attached hydrogen (secondary N) is 1. The third-order valence-electron chi connectivity index (χ3n) is 4.03. The summed E-state index contributed by atoms with van der Waals surface area (Å²) in [6.45, 7) is -0.537. The first kappa shape index (κ1) is 21.1. The minimum atomic E-state index is -1.82. The molecule has 0 aromatic heterocycles. The smallest absolute Gasteiger partial charge is 0.358 e. The molecule has 1 saturated heterocycles. The van der Waals surface area contributed by atoms with E-state index in [1.807, 2.05) is 30.3 Å². The first-order valence-corrected chi connectivity index (χ1v) is 10.3. The first-order chi connectivity index (χ1) is 13.2. The molecule has 28 heavy (non-hydrogen) atoms. The lowest BCUT2D eigenvalue weighted by Gasteiger charge is -2.48. The van der Waals surface area contributed by atoms with Crippen molar-refractivity contribution in [1.29, 1.82) is 0 Å². The zero-order valence-electron chi connectivity index (χ0n) is 14.2. The van der Waals surface area contributed by atoms with Gasteiger partial charge in [0, 0.05) is 0 Å². The molecule has 0 radical (unpaired) electrons. The molecule has 2 amide bonds. The number of ether oxygens (including phenoxy) is 1. The van der Waals surface area contributed by atoms with E-state index in [0.29, 0.717) is 0 Å². The molecule has 150 valence electrons. The van der Waals surface area contributed by atoms with Crippen molar-refractivity contribution in [2.75, 3.05) is 12.4 Å². The van der Waals surface area contributed by atoms with Crippen LogP contribution in [0.2, 0.25) is 0 Å². The highest BCUT2D eigenvalue weighted by molar-refractivity contribution is 8.00. The highest BCUT2D eigenvalue weighted by Gasteiger charge is 2.54. The van der Waals surface area contributed by atoms with E-state index in [9.17, 15) is 19.5 Å². The van der Waals surface area contributed by atoms with Crippen LogP contribution in [0.15, 0.2) is 41.8 Å². The molecule has 1 aromatic carbocycles. The van der Waals surface area contributed by atoms with E-state index in [2.05, 4.69) is 5.32 Å². The largest absolute Gasteiger partial charge is 0.509 e. The van der Waals surface area contributed by atoms with Crippen LogP contribution in [0.4, 0.5) is 0 Å². The molecule has 3 rings (SSSR count). The van der Waals surface area contributed by atoms with Gasteiger partial charge in [-0.1, -0.05) is 65.1 Å². The minimum absolute atomic E-state index is 0.0811. The monoisotopic (exact) mass is 464 g/mol. The average Bonchev–Trinajstić information content (AvgIpc) is 2.64. The van der Waals surface area contributed by atoms with E-state index in [-0.39, 0.29) is 29.5 Å². The Balaban J connectivity index is 1.64. The summed E-state index contributed by atoms with van der Waals surface area (Å²) in [5.41, 5.74) is 0.519. The van der Waals surface area contributed by atoms with Gasteiger partial charge in [-0.2, -0.15) is 0 Å². The highest BCUT2D eigenvalue weighted by Crippen LogP contribution is 2.40. The van der Waals surface area contributed by atoms with E-state index in [4.69, 9.17) is 39.5 Å². The summed E-state index contributed by atoms with van der Waals surface area (Å²) in [7, 11) is 0. The van der Waals surface area contributed by atoms with Gasteiger partial charge in [0.25, 0.3) is 5.91 Å². The number of alkyl halides is 3. The van der Waals surface area contributed by atoms with Crippen LogP contribution in [0.1, 0.15) is 5.56 Å². The Morgan fingerprint density at radius 2 is 1.96 bits per heavy atom. The van der Waals surface area contributed by atoms with Crippen molar-refractivity contribution in [1.82, 2.24) is 10.2 Å². The second kappa shape index (κ2) is 8.41. The summed E-state index contributed by atoms with van der Waals surface area (Å²) in [6, 6.07) is 8.30. The molecule has 0 spiro atoms. The van der Waals surface area contributed by atoms with E-state index in [0.717, 1.165) is 10.5 Å². The lowest BCUT2D eigenvalue weighted by Crippen LogP contribution is -2.70. The predicted molar refractivity (Wildman–Crippen MR) is 106 cm³/mol. The third kappa shape index (κ3) is 4.68. The Morgan fingerprint density at radius 3 is 2.61 bits per heavy atom. The van der Waals surface area contributed by atoms with Crippen LogP contribution < -0.4 is 5.32 Å². The Labute approximate surface area is 179 Å². The summed E-state index contributed by atoms with van der Waals surface area (Å²) < 4.78 is 3.05. The molecule has 7 nitrogen and oxygen atoms in total. The number of rotatable bonds is 5. The summed E-state index contributed by atoms with van der Waals surface area (Å²) in [5.74, 6) is -2.04. The number of carbonyl (C=O) groups excluding carboxylic acids is 3. The molecule has 1 fully saturated rings. The van der Waals surface area contributed by atoms with Crippen molar-refractivity contribution >= 4 is 64.3 Å². The zero-order chi connectivity index (χ0) is 20.5. The number of benzene rings is 1. The molecule has 11 heteroatoms. The maximum atomic E-state index is 12.5. The van der Waals surface area contributed by atoms with Crippen LogP contribution >= 0.6 is 46.6 Å². The minimum Gasteiger partial charge on any atom is -0.509 e. The fourth-order valence-corrected chi connectivity index (χ4v) is 4.18. The van der Waals surface area contributed by atoms with Gasteiger partial charge < -0.3 is 15.2 Å². The SMILES string of the molecule is O=C(Cc1ccccc1)NC1C(=O)N2C(C(=O)OCC(Cl)(Cl)Cl)=C(O)CS[C@H]12. The van der Waals surface area contributed by atoms with E-state index in [1.54, 1.807) is 0 Å². The second-order valence-corrected chi connectivity index (χ2v) is 9.73. The topological polar surface area (TPSA) is 95.9 Å². The second-order valence-electron chi connectivity index (χ2n) is 6.10.